The molecule has 3 nitrogen and oxygen atoms in total. The van der Waals surface area contributed by atoms with E-state index in [2.05, 4.69) is 197 Å². The van der Waals surface area contributed by atoms with Crippen LogP contribution in [0.4, 0.5) is 0 Å². The van der Waals surface area contributed by atoms with Crippen LogP contribution in [-0.2, 0) is 0 Å². The first-order valence-corrected chi connectivity index (χ1v) is 20.6. The summed E-state index contributed by atoms with van der Waals surface area (Å²) in [6.07, 6.45) is 0. The van der Waals surface area contributed by atoms with Crippen LogP contribution in [0, 0.1) is 0 Å². The minimum atomic E-state index is 0.908. The third-order valence-electron chi connectivity index (χ3n) is 12.1. The molecule has 0 unspecified atom stereocenters. The summed E-state index contributed by atoms with van der Waals surface area (Å²) in [6.45, 7) is 0. The normalized spacial score (nSPS) is 12.1. The predicted molar refractivity (Wildman–Crippen MR) is 246 cm³/mol. The van der Waals surface area contributed by atoms with Crippen LogP contribution >= 0.6 is 11.3 Å². The Morgan fingerprint density at radius 2 is 1.00 bits per heavy atom. The van der Waals surface area contributed by atoms with Crippen molar-refractivity contribution in [3.63, 3.8) is 0 Å². The van der Waals surface area contributed by atoms with Crippen LogP contribution in [0.15, 0.2) is 199 Å². The maximum absolute atomic E-state index is 6.68. The lowest BCUT2D eigenvalue weighted by atomic mass is 9.98. The number of thiophene rings is 1. The third kappa shape index (κ3) is 4.43. The highest BCUT2D eigenvalue weighted by Gasteiger charge is 2.22. The second-order valence-electron chi connectivity index (χ2n) is 15.2. The molecule has 0 atom stereocenters. The Morgan fingerprint density at radius 1 is 0.362 bits per heavy atom. The van der Waals surface area contributed by atoms with Crippen molar-refractivity contribution >= 4 is 97.1 Å². The number of para-hydroxylation sites is 5. The summed E-state index contributed by atoms with van der Waals surface area (Å²) in [5.74, 6) is 0. The summed E-state index contributed by atoms with van der Waals surface area (Å²) in [7, 11) is 0. The maximum atomic E-state index is 6.68. The van der Waals surface area contributed by atoms with E-state index < -0.39 is 0 Å². The highest BCUT2D eigenvalue weighted by Crippen LogP contribution is 2.47. The fourth-order valence-electron chi connectivity index (χ4n) is 9.63. The Labute approximate surface area is 336 Å². The van der Waals surface area contributed by atoms with Gasteiger partial charge in [0.1, 0.15) is 11.2 Å². The van der Waals surface area contributed by atoms with Gasteiger partial charge in [-0.25, -0.2) is 0 Å². The second-order valence-corrected chi connectivity index (χ2v) is 16.3. The molecular formula is C54H32N2OS. The van der Waals surface area contributed by atoms with Crippen molar-refractivity contribution in [1.29, 1.82) is 0 Å². The molecule has 0 fully saturated rings. The molecule has 0 N–H and O–H groups in total. The summed E-state index contributed by atoms with van der Waals surface area (Å²) in [6, 6.07) is 70.7. The van der Waals surface area contributed by atoms with Gasteiger partial charge in [0.05, 0.1) is 22.1 Å². The molecule has 0 spiro atoms. The van der Waals surface area contributed by atoms with Crippen LogP contribution in [0.25, 0.3) is 119 Å². The molecule has 0 aliphatic carbocycles. The van der Waals surface area contributed by atoms with Gasteiger partial charge in [0.25, 0.3) is 0 Å². The molecule has 4 aromatic heterocycles. The zero-order chi connectivity index (χ0) is 37.9. The largest absolute Gasteiger partial charge is 0.455 e. The lowest BCUT2D eigenvalue weighted by Gasteiger charge is -2.13. The van der Waals surface area contributed by atoms with Crippen molar-refractivity contribution in [2.45, 2.75) is 0 Å². The van der Waals surface area contributed by atoms with Gasteiger partial charge in [-0.3, -0.25) is 0 Å². The van der Waals surface area contributed by atoms with Crippen LogP contribution in [0.2, 0.25) is 0 Å². The number of aromatic nitrogens is 2. The number of fused-ring (bicyclic) bond motifs is 12. The van der Waals surface area contributed by atoms with Crippen LogP contribution in [-0.4, -0.2) is 9.13 Å². The second kappa shape index (κ2) is 12.1. The van der Waals surface area contributed by atoms with Crippen LogP contribution in [0.3, 0.4) is 0 Å². The number of nitrogens with zero attached hydrogens (tertiary/aromatic N) is 2. The fraction of sp³-hybridized carbons (Fsp3) is 0. The van der Waals surface area contributed by atoms with E-state index in [-0.39, 0.29) is 0 Å². The number of furan rings is 1. The minimum absolute atomic E-state index is 0.908. The smallest absolute Gasteiger partial charge is 0.143 e. The molecule has 0 saturated carbocycles. The van der Waals surface area contributed by atoms with Crippen molar-refractivity contribution in [3.05, 3.63) is 194 Å². The van der Waals surface area contributed by atoms with Crippen molar-refractivity contribution in [1.82, 2.24) is 9.13 Å². The average Bonchev–Trinajstić information content (AvgIpc) is 4.04. The molecule has 4 heterocycles. The van der Waals surface area contributed by atoms with Crippen molar-refractivity contribution in [3.8, 4) is 33.6 Å². The van der Waals surface area contributed by atoms with Gasteiger partial charge in [-0.2, -0.15) is 0 Å². The Kier molecular flexibility index (Phi) is 6.60. The van der Waals surface area contributed by atoms with Gasteiger partial charge < -0.3 is 13.6 Å². The van der Waals surface area contributed by atoms with E-state index in [1.807, 2.05) is 17.4 Å². The standard InChI is InChI=1S/C54H32N2OS/c1-2-14-34(15-3-1)55-46-23-8-4-16-37(46)38-29-28-33(30-49(38)55)36-20-13-25-48-52(36)43-19-5-9-24-47(43)56(48)35-31-44-40-18-7-11-27-51(40)58-54(44)45(32-35)42-22-12-21-41-39-17-6-10-26-50(39)57-53(41)42/h1-32H. The van der Waals surface area contributed by atoms with E-state index >= 15 is 0 Å². The van der Waals surface area contributed by atoms with Crippen molar-refractivity contribution in [2.75, 3.05) is 0 Å². The summed E-state index contributed by atoms with van der Waals surface area (Å²) < 4.78 is 14.1. The van der Waals surface area contributed by atoms with Gasteiger partial charge in [-0.05, 0) is 71.8 Å². The molecule has 13 aromatic rings. The first-order valence-electron chi connectivity index (χ1n) is 19.8. The Balaban J connectivity index is 1.10. The first-order chi connectivity index (χ1) is 28.8. The van der Waals surface area contributed by atoms with Gasteiger partial charge in [0.15, 0.2) is 0 Å². The van der Waals surface area contributed by atoms with Gasteiger partial charge in [0.2, 0.25) is 0 Å². The van der Waals surface area contributed by atoms with Gasteiger partial charge >= 0.3 is 0 Å². The van der Waals surface area contributed by atoms with Gasteiger partial charge in [-0.15, -0.1) is 11.3 Å². The molecule has 0 bridgehead atoms. The quantitative estimate of drug-likeness (QED) is 0.175. The highest BCUT2D eigenvalue weighted by atomic mass is 32.1. The van der Waals surface area contributed by atoms with Gasteiger partial charge in [0, 0.05) is 75.0 Å². The molecule has 270 valence electrons. The van der Waals surface area contributed by atoms with E-state index in [1.165, 1.54) is 80.5 Å². The van der Waals surface area contributed by atoms with E-state index in [1.54, 1.807) is 0 Å². The summed E-state index contributed by atoms with van der Waals surface area (Å²) in [5.41, 5.74) is 13.6. The van der Waals surface area contributed by atoms with Crippen molar-refractivity contribution < 1.29 is 4.42 Å². The first kappa shape index (κ1) is 31.8. The summed E-state index contributed by atoms with van der Waals surface area (Å²) in [4.78, 5) is 0. The van der Waals surface area contributed by atoms with Crippen LogP contribution < -0.4 is 0 Å². The monoisotopic (exact) mass is 756 g/mol. The van der Waals surface area contributed by atoms with E-state index in [4.69, 9.17) is 4.42 Å². The number of hydrogen-bond donors (Lipinski definition) is 0. The molecule has 4 heteroatoms. The zero-order valence-corrected chi connectivity index (χ0v) is 32.0. The zero-order valence-electron chi connectivity index (χ0n) is 31.2. The molecule has 0 amide bonds. The molecular weight excluding hydrogens is 725 g/mol. The Hall–Kier alpha value is -7.40. The van der Waals surface area contributed by atoms with Gasteiger partial charge in [-0.1, -0.05) is 133 Å². The number of rotatable bonds is 4. The topological polar surface area (TPSA) is 23.0 Å². The summed E-state index contributed by atoms with van der Waals surface area (Å²) >= 11 is 1.86. The predicted octanol–water partition coefficient (Wildman–Crippen LogP) is 15.5. The minimum Gasteiger partial charge on any atom is -0.455 e. The van der Waals surface area contributed by atoms with E-state index in [0.29, 0.717) is 0 Å². The van der Waals surface area contributed by atoms with E-state index in [0.717, 1.165) is 38.9 Å². The molecule has 13 rings (SSSR count). The molecule has 0 aliphatic heterocycles. The molecule has 58 heavy (non-hydrogen) atoms. The SMILES string of the molecule is c1ccc(-n2c3ccccc3c3ccc(-c4cccc5c4c4ccccc4n5-c4cc(-c5cccc6c5oc5ccccc56)c5sc6ccccc6c5c4)cc32)cc1. The maximum Gasteiger partial charge on any atom is 0.143 e. The third-order valence-corrected chi connectivity index (χ3v) is 13.3. The molecule has 0 saturated heterocycles. The molecule has 0 radical (unpaired) electrons. The van der Waals surface area contributed by atoms with Crippen LogP contribution in [0.5, 0.6) is 0 Å². The lowest BCUT2D eigenvalue weighted by Crippen LogP contribution is -1.95. The molecule has 9 aromatic carbocycles. The summed E-state index contributed by atoms with van der Waals surface area (Å²) in [5, 5.41) is 9.78. The van der Waals surface area contributed by atoms with Crippen molar-refractivity contribution in [2.24, 2.45) is 0 Å². The number of benzene rings is 9. The van der Waals surface area contributed by atoms with Crippen LogP contribution in [0.1, 0.15) is 0 Å². The Morgan fingerprint density at radius 3 is 1.88 bits per heavy atom. The molecule has 0 aliphatic rings. The number of hydrogen-bond acceptors (Lipinski definition) is 2. The fourth-order valence-corrected chi connectivity index (χ4v) is 10.8. The average molecular weight is 757 g/mol. The highest BCUT2D eigenvalue weighted by molar-refractivity contribution is 7.26. The lowest BCUT2D eigenvalue weighted by molar-refractivity contribution is 0.670. The Bertz CT molecular complexity index is 3800. The van der Waals surface area contributed by atoms with E-state index in [9.17, 15) is 0 Å².